The van der Waals surface area contributed by atoms with Crippen LogP contribution in [0.25, 0.3) is 5.69 Å². The summed E-state index contributed by atoms with van der Waals surface area (Å²) in [7, 11) is 0. The van der Waals surface area contributed by atoms with E-state index in [2.05, 4.69) is 25.7 Å². The summed E-state index contributed by atoms with van der Waals surface area (Å²) in [5, 5.41) is 15.5. The number of aliphatic hydroxyl groups excluding tert-OH is 1. The van der Waals surface area contributed by atoms with Crippen molar-refractivity contribution in [2.45, 2.75) is 59.2 Å². The Kier molecular flexibility index (Phi) is 9.48. The molecule has 0 bridgehead atoms. The molecule has 3 aromatic rings. The number of benzene rings is 2. The van der Waals surface area contributed by atoms with Crippen LogP contribution in [0.3, 0.4) is 0 Å². The molecule has 2 aromatic carbocycles. The van der Waals surface area contributed by atoms with Gasteiger partial charge in [0, 0.05) is 25.7 Å². The number of hydrogen-bond acceptors (Lipinski definition) is 5. The molecule has 178 valence electrons. The van der Waals surface area contributed by atoms with Crippen molar-refractivity contribution in [3.63, 3.8) is 0 Å². The first-order valence-corrected chi connectivity index (χ1v) is 12.0. The number of ether oxygens (including phenoxy) is 2. The molecule has 1 aromatic heterocycles. The number of hydrogen-bond donors (Lipinski definition) is 1. The third-order valence-corrected chi connectivity index (χ3v) is 5.85. The molecule has 0 amide bonds. The zero-order chi connectivity index (χ0) is 23.6. The number of para-hydroxylation sites is 2. The van der Waals surface area contributed by atoms with E-state index in [9.17, 15) is 5.11 Å². The van der Waals surface area contributed by atoms with Crippen LogP contribution < -0.4 is 4.74 Å². The molecule has 3 rings (SSSR count). The second-order valence-corrected chi connectivity index (χ2v) is 8.25. The smallest absolute Gasteiger partial charge is 0.227 e. The highest BCUT2D eigenvalue weighted by atomic mass is 16.5. The Hall–Kier alpha value is -2.67. The van der Waals surface area contributed by atoms with E-state index in [0.717, 1.165) is 41.4 Å². The van der Waals surface area contributed by atoms with Gasteiger partial charge in [-0.05, 0) is 51.0 Å². The molecule has 33 heavy (non-hydrogen) atoms. The Balaban J connectivity index is 2.01. The molecular formula is C27H37N3O3. The highest BCUT2D eigenvalue weighted by Crippen LogP contribution is 2.32. The van der Waals surface area contributed by atoms with Crippen molar-refractivity contribution < 1.29 is 14.6 Å². The summed E-state index contributed by atoms with van der Waals surface area (Å²) in [5.74, 6) is 1.49. The number of aryl methyl sites for hydroxylation is 1. The van der Waals surface area contributed by atoms with Crippen LogP contribution in [-0.4, -0.2) is 51.7 Å². The van der Waals surface area contributed by atoms with Crippen LogP contribution in [0, 0.1) is 0 Å². The van der Waals surface area contributed by atoms with Gasteiger partial charge in [0.15, 0.2) is 0 Å². The monoisotopic (exact) mass is 451 g/mol. The first kappa shape index (κ1) is 25.0. The van der Waals surface area contributed by atoms with Crippen molar-refractivity contribution in [1.82, 2.24) is 14.7 Å². The Labute approximate surface area is 197 Å². The van der Waals surface area contributed by atoms with Gasteiger partial charge in [-0.25, -0.2) is 4.68 Å². The molecule has 0 radical (unpaired) electrons. The molecule has 6 heteroatoms. The summed E-state index contributed by atoms with van der Waals surface area (Å²) in [6.07, 6.45) is 1.22. The summed E-state index contributed by atoms with van der Waals surface area (Å²) in [4.78, 5) is 2.30. The van der Waals surface area contributed by atoms with Crippen LogP contribution in [0.4, 0.5) is 0 Å². The molecule has 0 fully saturated rings. The van der Waals surface area contributed by atoms with E-state index in [1.807, 2.05) is 72.3 Å². The van der Waals surface area contributed by atoms with Crippen LogP contribution in [0.15, 0.2) is 60.7 Å². The Morgan fingerprint density at radius 2 is 1.67 bits per heavy atom. The maximum absolute atomic E-state index is 10.6. The van der Waals surface area contributed by atoms with Crippen molar-refractivity contribution in [3.05, 3.63) is 71.9 Å². The average Bonchev–Trinajstić information content (AvgIpc) is 3.19. The van der Waals surface area contributed by atoms with Gasteiger partial charge in [-0.1, -0.05) is 50.2 Å². The van der Waals surface area contributed by atoms with Crippen molar-refractivity contribution in [1.29, 1.82) is 0 Å². The maximum Gasteiger partial charge on any atom is 0.227 e. The first-order valence-electron chi connectivity index (χ1n) is 12.0. The fourth-order valence-electron chi connectivity index (χ4n) is 3.81. The molecule has 0 aliphatic heterocycles. The third-order valence-electron chi connectivity index (χ3n) is 5.85. The van der Waals surface area contributed by atoms with E-state index in [1.54, 1.807) is 0 Å². The van der Waals surface area contributed by atoms with Gasteiger partial charge in [-0.2, -0.15) is 5.10 Å². The molecule has 2 atom stereocenters. The molecule has 0 unspecified atom stereocenters. The minimum atomic E-state index is -0.549. The van der Waals surface area contributed by atoms with Crippen molar-refractivity contribution in [2.75, 3.05) is 19.8 Å². The van der Waals surface area contributed by atoms with Gasteiger partial charge >= 0.3 is 0 Å². The molecular weight excluding hydrogens is 414 g/mol. The Morgan fingerprint density at radius 1 is 1.00 bits per heavy atom. The van der Waals surface area contributed by atoms with Gasteiger partial charge in [0.25, 0.3) is 0 Å². The first-order chi connectivity index (χ1) is 16.1. The molecule has 6 nitrogen and oxygen atoms in total. The molecule has 1 heterocycles. The molecule has 0 aliphatic carbocycles. The fourth-order valence-corrected chi connectivity index (χ4v) is 3.81. The van der Waals surface area contributed by atoms with Gasteiger partial charge in [-0.15, -0.1) is 0 Å². The topological polar surface area (TPSA) is 59.8 Å². The van der Waals surface area contributed by atoms with Gasteiger partial charge in [0.1, 0.15) is 5.75 Å². The third kappa shape index (κ3) is 6.67. The summed E-state index contributed by atoms with van der Waals surface area (Å²) in [5.41, 5.74) is 3.00. The predicted molar refractivity (Wildman–Crippen MR) is 132 cm³/mol. The molecule has 0 spiro atoms. The Bertz CT molecular complexity index is 960. The van der Waals surface area contributed by atoms with Crippen molar-refractivity contribution in [3.8, 4) is 17.3 Å². The summed E-state index contributed by atoms with van der Waals surface area (Å²) >= 11 is 0. The Morgan fingerprint density at radius 3 is 2.27 bits per heavy atom. The van der Waals surface area contributed by atoms with E-state index in [1.165, 1.54) is 0 Å². The lowest BCUT2D eigenvalue weighted by atomic mass is 10.1. The van der Waals surface area contributed by atoms with Gasteiger partial charge < -0.3 is 14.6 Å². The maximum atomic E-state index is 10.6. The second kappa shape index (κ2) is 12.5. The minimum Gasteiger partial charge on any atom is -0.439 e. The fraction of sp³-hybridized carbons (Fsp3) is 0.444. The van der Waals surface area contributed by atoms with Crippen molar-refractivity contribution >= 4 is 0 Å². The lowest BCUT2D eigenvalue weighted by Crippen LogP contribution is -2.40. The molecule has 0 aliphatic rings. The lowest BCUT2D eigenvalue weighted by Gasteiger charge is -2.30. The van der Waals surface area contributed by atoms with Crippen LogP contribution in [-0.2, 0) is 17.7 Å². The number of rotatable bonds is 13. The minimum absolute atomic E-state index is 0.288. The van der Waals surface area contributed by atoms with Crippen LogP contribution >= 0.6 is 0 Å². The van der Waals surface area contributed by atoms with E-state index < -0.39 is 6.10 Å². The zero-order valence-electron chi connectivity index (χ0n) is 20.3. The van der Waals surface area contributed by atoms with Gasteiger partial charge in [0.2, 0.25) is 5.88 Å². The molecule has 0 saturated carbocycles. The van der Waals surface area contributed by atoms with Gasteiger partial charge in [0.05, 0.1) is 29.7 Å². The number of aliphatic hydroxyl groups is 1. The largest absolute Gasteiger partial charge is 0.439 e. The zero-order valence-corrected chi connectivity index (χ0v) is 20.3. The normalized spacial score (nSPS) is 13.3. The molecule has 0 saturated heterocycles. The van der Waals surface area contributed by atoms with E-state index >= 15 is 0 Å². The lowest BCUT2D eigenvalue weighted by molar-refractivity contribution is 0.0111. The van der Waals surface area contributed by atoms with E-state index in [4.69, 9.17) is 14.6 Å². The summed E-state index contributed by atoms with van der Waals surface area (Å²) in [6, 6.07) is 20.2. The van der Waals surface area contributed by atoms with Crippen LogP contribution in [0.2, 0.25) is 0 Å². The van der Waals surface area contributed by atoms with Crippen molar-refractivity contribution in [2.24, 2.45) is 0 Å². The molecule has 1 N–H and O–H groups in total. The number of aromatic nitrogens is 2. The SMILES string of the molecule is CCOC[C@@H](O)CN(Cc1c(CC)nn(-c2ccccc2)c1Oc1ccccc1)[C@@H](C)CC. The van der Waals surface area contributed by atoms with E-state index in [-0.39, 0.29) is 6.04 Å². The highest BCUT2D eigenvalue weighted by Gasteiger charge is 2.25. The van der Waals surface area contributed by atoms with Gasteiger partial charge in [-0.3, -0.25) is 4.90 Å². The standard InChI is InChI=1S/C27H37N3O3/c1-5-21(4)29(18-23(31)20-32-7-3)19-25-26(6-2)28-30(22-14-10-8-11-15-22)27(25)33-24-16-12-9-13-17-24/h8-17,21,23,31H,5-7,18-20H2,1-4H3/t21-,23-/m0/s1. The highest BCUT2D eigenvalue weighted by molar-refractivity contribution is 5.43. The predicted octanol–water partition coefficient (Wildman–Crippen LogP) is 5.22. The van der Waals surface area contributed by atoms with Crippen LogP contribution in [0.1, 0.15) is 45.4 Å². The quantitative estimate of drug-likeness (QED) is 0.386. The van der Waals surface area contributed by atoms with E-state index in [0.29, 0.717) is 26.3 Å². The number of nitrogens with zero attached hydrogens (tertiary/aromatic N) is 3. The second-order valence-electron chi connectivity index (χ2n) is 8.25. The average molecular weight is 452 g/mol. The van der Waals surface area contributed by atoms with Crippen LogP contribution in [0.5, 0.6) is 11.6 Å². The summed E-state index contributed by atoms with van der Waals surface area (Å²) in [6.45, 7) is 10.5. The summed E-state index contributed by atoms with van der Waals surface area (Å²) < 4.78 is 13.8.